The van der Waals surface area contributed by atoms with Crippen LogP contribution in [-0.4, -0.2) is 31.7 Å². The number of nitrogens with zero attached hydrogens (tertiary/aromatic N) is 3. The molecule has 126 valence electrons. The predicted octanol–water partition coefficient (Wildman–Crippen LogP) is 1.88. The van der Waals surface area contributed by atoms with Gasteiger partial charge in [0.05, 0.1) is 23.7 Å². The van der Waals surface area contributed by atoms with E-state index in [-0.39, 0.29) is 5.56 Å². The summed E-state index contributed by atoms with van der Waals surface area (Å²) in [5, 5.41) is 11.0. The van der Waals surface area contributed by atoms with Gasteiger partial charge in [-0.25, -0.2) is 4.98 Å². The molecule has 0 atom stereocenters. The molecule has 0 saturated heterocycles. The van der Waals surface area contributed by atoms with Crippen LogP contribution in [0.15, 0.2) is 51.9 Å². The lowest BCUT2D eigenvalue weighted by molar-refractivity contribution is 0.517. The molecule has 8 nitrogen and oxygen atoms in total. The normalized spacial score (nSPS) is 11.0. The summed E-state index contributed by atoms with van der Waals surface area (Å²) < 4.78 is 5.21. The van der Waals surface area contributed by atoms with Crippen molar-refractivity contribution in [3.63, 3.8) is 0 Å². The third-order valence-electron chi connectivity index (χ3n) is 3.78. The Labute approximate surface area is 142 Å². The van der Waals surface area contributed by atoms with Gasteiger partial charge in [0.15, 0.2) is 0 Å². The number of rotatable bonds is 6. The van der Waals surface area contributed by atoms with E-state index in [1.54, 1.807) is 18.4 Å². The van der Waals surface area contributed by atoms with Crippen LogP contribution in [0, 0.1) is 0 Å². The molecule has 8 heteroatoms. The highest BCUT2D eigenvalue weighted by Crippen LogP contribution is 2.10. The van der Waals surface area contributed by atoms with Crippen molar-refractivity contribution in [1.29, 1.82) is 0 Å². The zero-order valence-electron chi connectivity index (χ0n) is 13.3. The molecule has 0 fully saturated rings. The molecule has 1 aromatic carbocycles. The minimum absolute atomic E-state index is 0.280. The molecule has 25 heavy (non-hydrogen) atoms. The molecule has 0 spiro atoms. The van der Waals surface area contributed by atoms with Gasteiger partial charge >= 0.3 is 0 Å². The van der Waals surface area contributed by atoms with Gasteiger partial charge in [-0.1, -0.05) is 12.1 Å². The first kappa shape index (κ1) is 15.1. The van der Waals surface area contributed by atoms with Gasteiger partial charge < -0.3 is 14.7 Å². The van der Waals surface area contributed by atoms with Crippen molar-refractivity contribution in [2.45, 2.75) is 12.8 Å². The molecule has 0 saturated carbocycles. The summed E-state index contributed by atoms with van der Waals surface area (Å²) in [5.41, 5.74) is 1.98. The monoisotopic (exact) mass is 336 g/mol. The van der Waals surface area contributed by atoms with Gasteiger partial charge in [0.2, 0.25) is 5.95 Å². The summed E-state index contributed by atoms with van der Waals surface area (Å²) in [6.45, 7) is 0.571. The lowest BCUT2D eigenvalue weighted by Gasteiger charge is -2.04. The zero-order chi connectivity index (χ0) is 17.1. The van der Waals surface area contributed by atoms with E-state index in [0.717, 1.165) is 16.9 Å². The van der Waals surface area contributed by atoms with E-state index >= 15 is 0 Å². The standard InChI is InChI=1S/C17H16N6O2/c24-16-14(10-11-4-3-9-25-11)22-23-17(21-16)18-8-7-15-19-12-5-1-2-6-13(12)20-15/h1-6,9H,7-8,10H2,(H,19,20)(H2,18,21,23,24). The van der Waals surface area contributed by atoms with Crippen molar-refractivity contribution in [2.75, 3.05) is 11.9 Å². The number of imidazole rings is 1. The molecule has 0 amide bonds. The molecule has 4 aromatic rings. The minimum Gasteiger partial charge on any atom is -0.469 e. The van der Waals surface area contributed by atoms with Crippen molar-refractivity contribution < 1.29 is 4.42 Å². The summed E-state index contributed by atoms with van der Waals surface area (Å²) >= 11 is 0. The first-order chi connectivity index (χ1) is 12.3. The molecule has 3 N–H and O–H groups in total. The molecular formula is C17H16N6O2. The number of aromatic amines is 2. The lowest BCUT2D eigenvalue weighted by atomic mass is 10.2. The Morgan fingerprint density at radius 2 is 2.00 bits per heavy atom. The van der Waals surface area contributed by atoms with E-state index in [0.29, 0.717) is 36.8 Å². The third kappa shape index (κ3) is 3.42. The maximum Gasteiger partial charge on any atom is 0.274 e. The third-order valence-corrected chi connectivity index (χ3v) is 3.78. The Morgan fingerprint density at radius 3 is 2.80 bits per heavy atom. The average Bonchev–Trinajstić information content (AvgIpc) is 3.26. The number of para-hydroxylation sites is 2. The van der Waals surface area contributed by atoms with Crippen LogP contribution in [0.2, 0.25) is 0 Å². The van der Waals surface area contributed by atoms with Gasteiger partial charge in [-0.05, 0) is 24.3 Å². The Kier molecular flexibility index (Phi) is 3.99. The molecule has 4 rings (SSSR count). The van der Waals surface area contributed by atoms with Crippen LogP contribution in [0.5, 0.6) is 0 Å². The molecule has 0 aliphatic heterocycles. The van der Waals surface area contributed by atoms with Gasteiger partial charge in [-0.2, -0.15) is 0 Å². The van der Waals surface area contributed by atoms with Crippen molar-refractivity contribution in [3.05, 3.63) is 70.3 Å². The minimum atomic E-state index is -0.280. The van der Waals surface area contributed by atoms with Gasteiger partial charge in [-0.15, -0.1) is 10.2 Å². The fourth-order valence-electron chi connectivity index (χ4n) is 2.56. The fraction of sp³-hybridized carbons (Fsp3) is 0.176. The fourth-order valence-corrected chi connectivity index (χ4v) is 2.56. The van der Waals surface area contributed by atoms with Crippen LogP contribution in [0.25, 0.3) is 11.0 Å². The summed E-state index contributed by atoms with van der Waals surface area (Å²) in [5.74, 6) is 1.88. The maximum atomic E-state index is 12.1. The summed E-state index contributed by atoms with van der Waals surface area (Å²) in [6, 6.07) is 11.4. The number of furan rings is 1. The van der Waals surface area contributed by atoms with Crippen LogP contribution in [0.1, 0.15) is 17.3 Å². The van der Waals surface area contributed by atoms with Crippen LogP contribution in [0.3, 0.4) is 0 Å². The van der Waals surface area contributed by atoms with Crippen LogP contribution < -0.4 is 10.9 Å². The Balaban J connectivity index is 1.37. The number of fused-ring (bicyclic) bond motifs is 1. The topological polar surface area (TPSA) is 112 Å². The van der Waals surface area contributed by atoms with E-state index in [4.69, 9.17) is 4.42 Å². The first-order valence-corrected chi connectivity index (χ1v) is 7.94. The van der Waals surface area contributed by atoms with Crippen LogP contribution >= 0.6 is 0 Å². The van der Waals surface area contributed by atoms with E-state index in [9.17, 15) is 4.79 Å². The number of benzene rings is 1. The highest BCUT2D eigenvalue weighted by Gasteiger charge is 2.08. The summed E-state index contributed by atoms with van der Waals surface area (Å²) in [7, 11) is 0. The first-order valence-electron chi connectivity index (χ1n) is 7.94. The zero-order valence-corrected chi connectivity index (χ0v) is 13.3. The highest BCUT2D eigenvalue weighted by molar-refractivity contribution is 5.74. The van der Waals surface area contributed by atoms with Gasteiger partial charge in [-0.3, -0.25) is 9.78 Å². The molecule has 0 unspecified atom stereocenters. The van der Waals surface area contributed by atoms with E-state index in [1.165, 1.54) is 0 Å². The number of nitrogens with one attached hydrogen (secondary N) is 3. The second-order valence-electron chi connectivity index (χ2n) is 5.58. The predicted molar refractivity (Wildman–Crippen MR) is 92.5 cm³/mol. The molecule has 0 aliphatic rings. The SMILES string of the molecule is O=c1[nH]c(NCCc2nc3ccccc3[nH]2)nnc1Cc1ccco1. The van der Waals surface area contributed by atoms with Gasteiger partial charge in [0, 0.05) is 13.0 Å². The molecule has 0 aliphatic carbocycles. The highest BCUT2D eigenvalue weighted by atomic mass is 16.3. The smallest absolute Gasteiger partial charge is 0.274 e. The van der Waals surface area contributed by atoms with Crippen LogP contribution in [-0.2, 0) is 12.8 Å². The average molecular weight is 336 g/mol. The Hall–Kier alpha value is -3.42. The molecule has 0 radical (unpaired) electrons. The maximum absolute atomic E-state index is 12.1. The number of anilines is 1. The van der Waals surface area contributed by atoms with Gasteiger partial charge in [0.1, 0.15) is 17.3 Å². The number of hydrogen-bond acceptors (Lipinski definition) is 6. The van der Waals surface area contributed by atoms with Crippen molar-refractivity contribution >= 4 is 17.0 Å². The second kappa shape index (κ2) is 6.60. The summed E-state index contributed by atoms with van der Waals surface area (Å²) in [6.07, 6.45) is 2.55. The van der Waals surface area contributed by atoms with E-state index in [2.05, 4.69) is 30.5 Å². The molecule has 3 heterocycles. The van der Waals surface area contributed by atoms with Crippen LogP contribution in [0.4, 0.5) is 5.95 Å². The Bertz CT molecular complexity index is 1000. The number of hydrogen-bond donors (Lipinski definition) is 3. The van der Waals surface area contributed by atoms with E-state index < -0.39 is 0 Å². The number of aromatic nitrogens is 5. The molecule has 3 aromatic heterocycles. The lowest BCUT2D eigenvalue weighted by Crippen LogP contribution is -2.20. The second-order valence-corrected chi connectivity index (χ2v) is 5.58. The number of H-pyrrole nitrogens is 2. The van der Waals surface area contributed by atoms with Crippen molar-refractivity contribution in [2.24, 2.45) is 0 Å². The summed E-state index contributed by atoms with van der Waals surface area (Å²) in [4.78, 5) is 22.5. The Morgan fingerprint density at radius 1 is 1.08 bits per heavy atom. The molecular weight excluding hydrogens is 320 g/mol. The van der Waals surface area contributed by atoms with E-state index in [1.807, 2.05) is 24.3 Å². The van der Waals surface area contributed by atoms with Gasteiger partial charge in [0.25, 0.3) is 5.56 Å². The molecule has 0 bridgehead atoms. The van der Waals surface area contributed by atoms with Crippen molar-refractivity contribution in [1.82, 2.24) is 25.1 Å². The largest absolute Gasteiger partial charge is 0.469 e. The quantitative estimate of drug-likeness (QED) is 0.495. The van der Waals surface area contributed by atoms with Crippen molar-refractivity contribution in [3.8, 4) is 0 Å².